The minimum Gasteiger partial charge on any atom is -0.493 e. The van der Waals surface area contributed by atoms with Gasteiger partial charge in [0.1, 0.15) is 5.82 Å². The van der Waals surface area contributed by atoms with Crippen LogP contribution in [0.5, 0.6) is 11.5 Å². The summed E-state index contributed by atoms with van der Waals surface area (Å²) in [5.74, 6) is 0.211. The average molecular weight is 516 g/mol. The van der Waals surface area contributed by atoms with Crippen LogP contribution in [0.1, 0.15) is 34.5 Å². The van der Waals surface area contributed by atoms with Crippen molar-refractivity contribution in [3.8, 4) is 11.5 Å². The van der Waals surface area contributed by atoms with Crippen molar-refractivity contribution in [1.29, 1.82) is 0 Å². The number of hydrogen-bond acceptors (Lipinski definition) is 5. The topological polar surface area (TPSA) is 88.2 Å². The quantitative estimate of drug-likeness (QED) is 0.438. The summed E-state index contributed by atoms with van der Waals surface area (Å²) in [5, 5.41) is 2.94. The number of amides is 1. The molecule has 36 heavy (non-hydrogen) atoms. The van der Waals surface area contributed by atoms with E-state index in [4.69, 9.17) is 9.47 Å². The molecule has 0 bridgehead atoms. The zero-order valence-corrected chi connectivity index (χ0v) is 21.7. The molecule has 3 rings (SSSR count). The van der Waals surface area contributed by atoms with E-state index < -0.39 is 16.0 Å². The van der Waals surface area contributed by atoms with Gasteiger partial charge in [-0.15, -0.1) is 0 Å². The first-order valence-electron chi connectivity index (χ1n) is 11.1. The van der Waals surface area contributed by atoms with E-state index in [1.54, 1.807) is 56.7 Å². The number of carbonyl (C=O) groups excluding carboxylic acids is 1. The van der Waals surface area contributed by atoms with Crippen LogP contribution in [0.3, 0.4) is 0 Å². The van der Waals surface area contributed by atoms with Crippen LogP contribution < -0.4 is 19.1 Å². The number of anilines is 1. The predicted molar refractivity (Wildman–Crippen MR) is 137 cm³/mol. The molecular formula is C26H30FN3O5S. The highest BCUT2D eigenvalue weighted by atomic mass is 32.2. The molecule has 0 radical (unpaired) electrons. The molecule has 0 aromatic heterocycles. The van der Waals surface area contributed by atoms with E-state index in [-0.39, 0.29) is 24.2 Å². The van der Waals surface area contributed by atoms with Crippen molar-refractivity contribution in [3.63, 3.8) is 0 Å². The molecule has 1 amide bonds. The second-order valence-corrected chi connectivity index (χ2v) is 10.3. The molecule has 0 aliphatic heterocycles. The molecule has 0 spiro atoms. The molecule has 8 nitrogen and oxygen atoms in total. The molecule has 0 saturated carbocycles. The number of hydrogen-bond donors (Lipinski definition) is 1. The van der Waals surface area contributed by atoms with Crippen molar-refractivity contribution < 1.29 is 27.1 Å². The van der Waals surface area contributed by atoms with E-state index in [2.05, 4.69) is 5.32 Å². The third kappa shape index (κ3) is 5.95. The highest BCUT2D eigenvalue weighted by Gasteiger charge is 2.27. The molecule has 3 aromatic rings. The number of halogens is 1. The maximum absolute atomic E-state index is 14.5. The normalized spacial score (nSPS) is 12.2. The van der Waals surface area contributed by atoms with E-state index in [9.17, 15) is 17.6 Å². The summed E-state index contributed by atoms with van der Waals surface area (Å²) in [6.45, 7) is 1.75. The molecule has 192 valence electrons. The predicted octanol–water partition coefficient (Wildman–Crippen LogP) is 4.15. The first-order chi connectivity index (χ1) is 17.1. The summed E-state index contributed by atoms with van der Waals surface area (Å²) in [4.78, 5) is 12.8. The van der Waals surface area contributed by atoms with Crippen LogP contribution in [0.15, 0.2) is 66.7 Å². The van der Waals surface area contributed by atoms with Crippen molar-refractivity contribution in [3.05, 3.63) is 89.2 Å². The van der Waals surface area contributed by atoms with Crippen molar-refractivity contribution >= 4 is 21.8 Å². The fourth-order valence-corrected chi connectivity index (χ4v) is 4.66. The van der Waals surface area contributed by atoms with E-state index in [0.29, 0.717) is 22.6 Å². The molecule has 0 fully saturated rings. The molecule has 0 aliphatic carbocycles. The lowest BCUT2D eigenvalue weighted by atomic mass is 10.1. The number of rotatable bonds is 10. The van der Waals surface area contributed by atoms with E-state index in [1.165, 1.54) is 32.3 Å². The molecular weight excluding hydrogens is 485 g/mol. The lowest BCUT2D eigenvalue weighted by Crippen LogP contribution is -2.40. The van der Waals surface area contributed by atoms with Crippen LogP contribution >= 0.6 is 0 Å². The van der Waals surface area contributed by atoms with E-state index in [1.807, 2.05) is 13.0 Å². The molecule has 0 aliphatic rings. The number of methoxy groups -OCH3 is 2. The molecule has 10 heteroatoms. The average Bonchev–Trinajstić information content (AvgIpc) is 2.87. The highest BCUT2D eigenvalue weighted by molar-refractivity contribution is 7.90. The maximum atomic E-state index is 14.5. The van der Waals surface area contributed by atoms with E-state index in [0.717, 1.165) is 14.2 Å². The first kappa shape index (κ1) is 27.0. The van der Waals surface area contributed by atoms with Gasteiger partial charge in [0.15, 0.2) is 11.5 Å². The molecule has 0 unspecified atom stereocenters. The minimum atomic E-state index is -3.97. The van der Waals surface area contributed by atoms with Gasteiger partial charge >= 0.3 is 10.2 Å². The van der Waals surface area contributed by atoms with Crippen molar-refractivity contribution in [1.82, 2.24) is 9.62 Å². The number of nitrogens with one attached hydrogen (secondary N) is 1. The van der Waals surface area contributed by atoms with Crippen LogP contribution in [0.4, 0.5) is 10.1 Å². The van der Waals surface area contributed by atoms with Gasteiger partial charge in [-0.25, -0.2) is 4.39 Å². The fourth-order valence-electron chi connectivity index (χ4n) is 3.55. The SMILES string of the molecule is COc1ccc([C@@H](C)NC(=O)c2ccc(CN(c3ccccc3F)S(=O)(=O)N(C)C)cc2)cc1OC. The van der Waals surface area contributed by atoms with Gasteiger partial charge in [-0.3, -0.25) is 9.10 Å². The van der Waals surface area contributed by atoms with Gasteiger partial charge in [0.25, 0.3) is 5.91 Å². The van der Waals surface area contributed by atoms with Crippen LogP contribution in [0.2, 0.25) is 0 Å². The third-order valence-corrected chi connectivity index (χ3v) is 7.46. The smallest absolute Gasteiger partial charge is 0.303 e. The minimum absolute atomic E-state index is 0.0586. The lowest BCUT2D eigenvalue weighted by Gasteiger charge is -2.27. The van der Waals surface area contributed by atoms with Gasteiger partial charge in [-0.2, -0.15) is 12.7 Å². The van der Waals surface area contributed by atoms with Gasteiger partial charge in [0, 0.05) is 19.7 Å². The Morgan fingerprint density at radius 2 is 1.61 bits per heavy atom. The maximum Gasteiger partial charge on any atom is 0.303 e. The van der Waals surface area contributed by atoms with Crippen molar-refractivity contribution in [2.24, 2.45) is 0 Å². The summed E-state index contributed by atoms with van der Waals surface area (Å²) in [6, 6.07) is 17.3. The number of nitrogens with zero attached hydrogens (tertiary/aromatic N) is 2. The third-order valence-electron chi connectivity index (χ3n) is 5.66. The Morgan fingerprint density at radius 1 is 0.972 bits per heavy atom. The van der Waals surface area contributed by atoms with Crippen molar-refractivity contribution in [2.45, 2.75) is 19.5 Å². The Balaban J connectivity index is 1.77. The van der Waals surface area contributed by atoms with Gasteiger partial charge in [0.05, 0.1) is 32.5 Å². The number of ether oxygens (including phenoxy) is 2. The molecule has 1 atom stereocenters. The van der Waals surface area contributed by atoms with Crippen molar-refractivity contribution in [2.75, 3.05) is 32.6 Å². The number of benzene rings is 3. The van der Waals surface area contributed by atoms with E-state index >= 15 is 0 Å². The second kappa shape index (κ2) is 11.4. The van der Waals surface area contributed by atoms with Crippen LogP contribution in [0.25, 0.3) is 0 Å². The Morgan fingerprint density at radius 3 is 2.19 bits per heavy atom. The summed E-state index contributed by atoms with van der Waals surface area (Å²) in [6.07, 6.45) is 0. The Kier molecular flexibility index (Phi) is 8.54. The van der Waals surface area contributed by atoms with Gasteiger partial charge in [-0.1, -0.05) is 30.3 Å². The molecule has 0 saturated heterocycles. The first-order valence-corrected chi connectivity index (χ1v) is 12.5. The standard InChI is InChI=1S/C26H30FN3O5S/c1-18(21-14-15-24(34-4)25(16-21)35-5)28-26(31)20-12-10-19(11-13-20)17-30(36(32,33)29(2)3)23-9-7-6-8-22(23)27/h6-16,18H,17H2,1-5H3,(H,28,31)/t18-/m1/s1. The highest BCUT2D eigenvalue weighted by Crippen LogP contribution is 2.30. The number of para-hydroxylation sites is 1. The summed E-state index contributed by atoms with van der Waals surface area (Å²) in [7, 11) is 1.90. The van der Waals surface area contributed by atoms with Gasteiger partial charge in [-0.05, 0) is 54.4 Å². The largest absolute Gasteiger partial charge is 0.493 e. The molecule has 0 heterocycles. The van der Waals surface area contributed by atoms with Crippen LogP contribution in [-0.4, -0.2) is 46.9 Å². The number of carbonyl (C=O) groups is 1. The Hall–Kier alpha value is -3.63. The second-order valence-electron chi connectivity index (χ2n) is 8.25. The Labute approximate surface area is 211 Å². The fraction of sp³-hybridized carbons (Fsp3) is 0.269. The van der Waals surface area contributed by atoms with Gasteiger partial charge in [0.2, 0.25) is 0 Å². The zero-order valence-electron chi connectivity index (χ0n) is 20.9. The summed E-state index contributed by atoms with van der Waals surface area (Å²) >= 11 is 0. The van der Waals surface area contributed by atoms with Crippen LogP contribution in [0, 0.1) is 5.82 Å². The lowest BCUT2D eigenvalue weighted by molar-refractivity contribution is 0.0939. The summed E-state index contributed by atoms with van der Waals surface area (Å²) in [5.41, 5.74) is 1.77. The molecule has 3 aromatic carbocycles. The molecule has 1 N–H and O–H groups in total. The monoisotopic (exact) mass is 515 g/mol. The van der Waals surface area contributed by atoms with Crippen LogP contribution in [-0.2, 0) is 16.8 Å². The zero-order chi connectivity index (χ0) is 26.5. The Bertz CT molecular complexity index is 1310. The van der Waals surface area contributed by atoms with Gasteiger partial charge < -0.3 is 14.8 Å². The summed E-state index contributed by atoms with van der Waals surface area (Å²) < 4.78 is 52.9.